The Morgan fingerprint density at radius 1 is 1.11 bits per heavy atom. The van der Waals surface area contributed by atoms with E-state index in [1.165, 1.54) is 44.9 Å². The largest absolute Gasteiger partial charge is 0.353 e. The van der Waals surface area contributed by atoms with Crippen molar-refractivity contribution < 1.29 is 4.79 Å². The third kappa shape index (κ3) is 3.95. The molecule has 0 aromatic heterocycles. The number of hydrogen-bond donors (Lipinski definition) is 2. The van der Waals surface area contributed by atoms with Crippen LogP contribution in [0.2, 0.25) is 0 Å². The summed E-state index contributed by atoms with van der Waals surface area (Å²) in [6.07, 6.45) is 10.8. The molecule has 3 nitrogen and oxygen atoms in total. The van der Waals surface area contributed by atoms with Crippen molar-refractivity contribution in [1.29, 1.82) is 0 Å². The summed E-state index contributed by atoms with van der Waals surface area (Å²) in [6.45, 7) is 2.94. The second-order valence-corrected chi connectivity index (χ2v) is 6.52. The molecule has 3 N–H and O–H groups in total. The minimum Gasteiger partial charge on any atom is -0.353 e. The highest BCUT2D eigenvalue weighted by Gasteiger charge is 2.31. The molecule has 2 aliphatic rings. The standard InChI is InChI=1S/C16H30N2O/c1-2-12-7-9-14(10-8-12)18-16(19)15-6-4-3-5-13(15)11-17/h12-15H,2-11,17H2,1H3,(H,18,19). The molecule has 0 aromatic rings. The van der Waals surface area contributed by atoms with Crippen molar-refractivity contribution in [2.24, 2.45) is 23.5 Å². The number of carbonyl (C=O) groups excluding carboxylic acids is 1. The molecule has 2 aliphatic carbocycles. The fourth-order valence-electron chi connectivity index (χ4n) is 3.86. The van der Waals surface area contributed by atoms with Gasteiger partial charge in [0.15, 0.2) is 0 Å². The second-order valence-electron chi connectivity index (χ2n) is 6.52. The monoisotopic (exact) mass is 266 g/mol. The first-order valence-corrected chi connectivity index (χ1v) is 8.25. The van der Waals surface area contributed by atoms with E-state index in [0.29, 0.717) is 18.5 Å². The topological polar surface area (TPSA) is 55.1 Å². The highest BCUT2D eigenvalue weighted by Crippen LogP contribution is 2.31. The van der Waals surface area contributed by atoms with Crippen molar-refractivity contribution in [1.82, 2.24) is 5.32 Å². The maximum Gasteiger partial charge on any atom is 0.223 e. The summed E-state index contributed by atoms with van der Waals surface area (Å²) in [5.74, 6) is 1.78. The highest BCUT2D eigenvalue weighted by atomic mass is 16.2. The number of nitrogens with one attached hydrogen (secondary N) is 1. The van der Waals surface area contributed by atoms with Crippen LogP contribution >= 0.6 is 0 Å². The van der Waals surface area contributed by atoms with Gasteiger partial charge in [0.25, 0.3) is 0 Å². The Balaban J connectivity index is 1.80. The number of rotatable bonds is 4. The maximum absolute atomic E-state index is 12.4. The van der Waals surface area contributed by atoms with Crippen LogP contribution in [0.5, 0.6) is 0 Å². The lowest BCUT2D eigenvalue weighted by molar-refractivity contribution is -0.128. The lowest BCUT2D eigenvalue weighted by atomic mass is 9.78. The van der Waals surface area contributed by atoms with Gasteiger partial charge < -0.3 is 11.1 Å². The first kappa shape index (κ1) is 14.8. The van der Waals surface area contributed by atoms with Crippen molar-refractivity contribution in [3.63, 3.8) is 0 Å². The fourth-order valence-corrected chi connectivity index (χ4v) is 3.86. The van der Waals surface area contributed by atoms with Gasteiger partial charge in [-0.15, -0.1) is 0 Å². The summed E-state index contributed by atoms with van der Waals surface area (Å²) in [6, 6.07) is 0.427. The van der Waals surface area contributed by atoms with E-state index < -0.39 is 0 Å². The smallest absolute Gasteiger partial charge is 0.223 e. The molecule has 3 heteroatoms. The van der Waals surface area contributed by atoms with Gasteiger partial charge in [-0.3, -0.25) is 4.79 Å². The minimum atomic E-state index is 0.183. The van der Waals surface area contributed by atoms with E-state index in [4.69, 9.17) is 5.73 Å². The van der Waals surface area contributed by atoms with Gasteiger partial charge in [0.2, 0.25) is 5.91 Å². The average molecular weight is 266 g/mol. The van der Waals surface area contributed by atoms with Crippen LogP contribution in [0.4, 0.5) is 0 Å². The Labute approximate surface area is 117 Å². The summed E-state index contributed by atoms with van der Waals surface area (Å²) in [5, 5.41) is 3.30. The van der Waals surface area contributed by atoms with Gasteiger partial charge in [0, 0.05) is 12.0 Å². The van der Waals surface area contributed by atoms with Gasteiger partial charge in [-0.25, -0.2) is 0 Å². The molecule has 110 valence electrons. The number of nitrogens with two attached hydrogens (primary N) is 1. The van der Waals surface area contributed by atoms with E-state index >= 15 is 0 Å². The quantitative estimate of drug-likeness (QED) is 0.822. The Kier molecular flexibility index (Phi) is 5.68. The predicted molar refractivity (Wildman–Crippen MR) is 78.7 cm³/mol. The summed E-state index contributed by atoms with van der Waals surface area (Å²) in [7, 11) is 0. The van der Waals surface area contributed by atoms with Crippen LogP contribution < -0.4 is 11.1 Å². The SMILES string of the molecule is CCC1CCC(NC(=O)C2CCCCC2CN)CC1. The van der Waals surface area contributed by atoms with Crippen LogP contribution in [0.1, 0.15) is 64.7 Å². The molecule has 19 heavy (non-hydrogen) atoms. The van der Waals surface area contributed by atoms with Crippen LogP contribution in [-0.2, 0) is 4.79 Å². The zero-order valence-electron chi connectivity index (χ0n) is 12.4. The minimum absolute atomic E-state index is 0.183. The van der Waals surface area contributed by atoms with Gasteiger partial charge in [-0.05, 0) is 56.9 Å². The van der Waals surface area contributed by atoms with Crippen molar-refractivity contribution in [2.45, 2.75) is 70.8 Å². The maximum atomic E-state index is 12.4. The van der Waals surface area contributed by atoms with Crippen LogP contribution in [0, 0.1) is 17.8 Å². The van der Waals surface area contributed by atoms with Gasteiger partial charge in [0.1, 0.15) is 0 Å². The van der Waals surface area contributed by atoms with Crippen LogP contribution in [0.3, 0.4) is 0 Å². The van der Waals surface area contributed by atoms with Crippen LogP contribution in [-0.4, -0.2) is 18.5 Å². The second kappa shape index (κ2) is 7.28. The summed E-state index contributed by atoms with van der Waals surface area (Å²) < 4.78 is 0. The summed E-state index contributed by atoms with van der Waals surface area (Å²) >= 11 is 0. The molecule has 2 rings (SSSR count). The van der Waals surface area contributed by atoms with Gasteiger partial charge in [0.05, 0.1) is 0 Å². The van der Waals surface area contributed by atoms with Crippen LogP contribution in [0.25, 0.3) is 0 Å². The molecule has 2 fully saturated rings. The zero-order chi connectivity index (χ0) is 13.7. The van der Waals surface area contributed by atoms with E-state index in [0.717, 1.165) is 18.8 Å². The van der Waals surface area contributed by atoms with Crippen LogP contribution in [0.15, 0.2) is 0 Å². The number of carbonyl (C=O) groups is 1. The molecule has 2 atom stereocenters. The molecule has 1 amide bonds. The predicted octanol–water partition coefficient (Wildman–Crippen LogP) is 2.84. The molecule has 0 aliphatic heterocycles. The first-order valence-electron chi connectivity index (χ1n) is 8.25. The van der Waals surface area contributed by atoms with Crippen molar-refractivity contribution in [2.75, 3.05) is 6.54 Å². The van der Waals surface area contributed by atoms with Crippen molar-refractivity contribution >= 4 is 5.91 Å². The lowest BCUT2D eigenvalue weighted by Gasteiger charge is -2.33. The third-order valence-electron chi connectivity index (χ3n) is 5.32. The molecule has 0 bridgehead atoms. The Bertz CT molecular complexity index is 284. The highest BCUT2D eigenvalue weighted by molar-refractivity contribution is 5.79. The third-order valence-corrected chi connectivity index (χ3v) is 5.32. The molecule has 0 saturated heterocycles. The van der Waals surface area contributed by atoms with E-state index in [2.05, 4.69) is 12.2 Å². The van der Waals surface area contributed by atoms with Crippen molar-refractivity contribution in [3.8, 4) is 0 Å². The van der Waals surface area contributed by atoms with E-state index in [-0.39, 0.29) is 11.8 Å². The molecule has 0 heterocycles. The molecule has 0 aromatic carbocycles. The van der Waals surface area contributed by atoms with Gasteiger partial charge >= 0.3 is 0 Å². The molecule has 2 unspecified atom stereocenters. The summed E-state index contributed by atoms with van der Waals surface area (Å²) in [5.41, 5.74) is 5.82. The van der Waals surface area contributed by atoms with Crippen molar-refractivity contribution in [3.05, 3.63) is 0 Å². The van der Waals surface area contributed by atoms with Gasteiger partial charge in [-0.2, -0.15) is 0 Å². The van der Waals surface area contributed by atoms with E-state index in [9.17, 15) is 4.79 Å². The normalized spacial score (nSPS) is 35.9. The number of hydrogen-bond acceptors (Lipinski definition) is 2. The average Bonchev–Trinajstić information content (AvgIpc) is 2.48. The Morgan fingerprint density at radius 2 is 1.79 bits per heavy atom. The molecule has 0 spiro atoms. The zero-order valence-corrected chi connectivity index (χ0v) is 12.4. The Hall–Kier alpha value is -0.570. The lowest BCUT2D eigenvalue weighted by Crippen LogP contribution is -2.45. The van der Waals surface area contributed by atoms with E-state index in [1.54, 1.807) is 0 Å². The van der Waals surface area contributed by atoms with Gasteiger partial charge in [-0.1, -0.05) is 26.2 Å². The summed E-state index contributed by atoms with van der Waals surface area (Å²) in [4.78, 5) is 12.4. The fraction of sp³-hybridized carbons (Fsp3) is 0.938. The number of amides is 1. The van der Waals surface area contributed by atoms with E-state index in [1.807, 2.05) is 0 Å². The first-order chi connectivity index (χ1) is 9.24. The molecule has 2 saturated carbocycles. The molecule has 0 radical (unpaired) electrons. The molecular formula is C16H30N2O. The molecular weight excluding hydrogens is 236 g/mol. The Morgan fingerprint density at radius 3 is 2.42 bits per heavy atom.